The molecule has 0 saturated carbocycles. The average molecular weight is 387 g/mol. The first-order valence-electron chi connectivity index (χ1n) is 9.94. The zero-order chi connectivity index (χ0) is 19.2. The lowest BCUT2D eigenvalue weighted by atomic mass is 10.1. The van der Waals surface area contributed by atoms with Gasteiger partial charge in [-0.15, -0.1) is 11.3 Å². The molecule has 0 atom stereocenters. The third-order valence-corrected chi connectivity index (χ3v) is 6.23. The second-order valence-electron chi connectivity index (χ2n) is 6.87. The van der Waals surface area contributed by atoms with Crippen molar-refractivity contribution in [1.82, 2.24) is 14.8 Å². The highest BCUT2D eigenvalue weighted by molar-refractivity contribution is 7.09. The number of hydrogen-bond acceptors (Lipinski definition) is 5. The molecule has 5 nitrogen and oxygen atoms in total. The first kappa shape index (κ1) is 19.8. The Hall–Kier alpha value is -1.92. The fourth-order valence-electron chi connectivity index (χ4n) is 3.51. The predicted octanol–water partition coefficient (Wildman–Crippen LogP) is 3.51. The van der Waals surface area contributed by atoms with E-state index in [0.29, 0.717) is 0 Å². The number of anilines is 1. The number of carbonyl (C=O) groups excluding carboxylic acids is 1. The number of thiazole rings is 1. The molecule has 0 aliphatic carbocycles. The van der Waals surface area contributed by atoms with Crippen molar-refractivity contribution in [2.24, 2.45) is 0 Å². The molecule has 2 heterocycles. The van der Waals surface area contributed by atoms with Crippen molar-refractivity contribution in [3.63, 3.8) is 0 Å². The molecule has 2 aromatic rings. The Bertz CT molecular complexity index is 731. The van der Waals surface area contributed by atoms with Gasteiger partial charge >= 0.3 is 0 Å². The van der Waals surface area contributed by atoms with Gasteiger partial charge in [-0.2, -0.15) is 0 Å². The number of nitrogens with zero attached hydrogens (tertiary/aromatic N) is 4. The van der Waals surface area contributed by atoms with Crippen molar-refractivity contribution < 1.29 is 4.79 Å². The van der Waals surface area contributed by atoms with Crippen LogP contribution in [0.2, 0.25) is 0 Å². The minimum absolute atomic E-state index is 0.141. The van der Waals surface area contributed by atoms with Gasteiger partial charge in [0, 0.05) is 62.4 Å². The summed E-state index contributed by atoms with van der Waals surface area (Å²) in [5, 5.41) is 3.36. The molecule has 1 aromatic carbocycles. The highest BCUT2D eigenvalue weighted by Crippen LogP contribution is 2.18. The average Bonchev–Trinajstić information content (AvgIpc) is 3.17. The molecular weight excluding hydrogens is 356 g/mol. The van der Waals surface area contributed by atoms with E-state index in [4.69, 9.17) is 0 Å². The van der Waals surface area contributed by atoms with Crippen LogP contribution in [-0.2, 0) is 13.0 Å². The summed E-state index contributed by atoms with van der Waals surface area (Å²) in [6.07, 6.45) is 1.00. The molecule has 0 N–H and O–H groups in total. The second kappa shape index (κ2) is 9.33. The smallest absolute Gasteiger partial charge is 0.253 e. The Balaban J connectivity index is 1.53. The Morgan fingerprint density at radius 3 is 2.30 bits per heavy atom. The summed E-state index contributed by atoms with van der Waals surface area (Å²) in [5.41, 5.74) is 3.12. The maximum Gasteiger partial charge on any atom is 0.253 e. The van der Waals surface area contributed by atoms with E-state index in [9.17, 15) is 4.79 Å². The summed E-state index contributed by atoms with van der Waals surface area (Å²) in [6, 6.07) is 8.04. The fourth-order valence-corrected chi connectivity index (χ4v) is 4.24. The largest absolute Gasteiger partial charge is 0.372 e. The Labute approximate surface area is 166 Å². The van der Waals surface area contributed by atoms with Gasteiger partial charge in [-0.25, -0.2) is 4.98 Å². The van der Waals surface area contributed by atoms with Crippen LogP contribution < -0.4 is 4.90 Å². The van der Waals surface area contributed by atoms with Crippen molar-refractivity contribution in [1.29, 1.82) is 0 Å². The summed E-state index contributed by atoms with van der Waals surface area (Å²) in [7, 11) is 0. The number of aromatic nitrogens is 1. The van der Waals surface area contributed by atoms with Crippen LogP contribution in [-0.4, -0.2) is 60.0 Å². The second-order valence-corrected chi connectivity index (χ2v) is 7.82. The molecule has 1 amide bonds. The van der Waals surface area contributed by atoms with Crippen molar-refractivity contribution >= 4 is 22.9 Å². The van der Waals surface area contributed by atoms with Crippen molar-refractivity contribution in [3.05, 3.63) is 45.9 Å². The quantitative estimate of drug-likeness (QED) is 0.730. The van der Waals surface area contributed by atoms with Gasteiger partial charge in [-0.1, -0.05) is 6.92 Å². The molecule has 27 heavy (non-hydrogen) atoms. The molecule has 1 aliphatic heterocycles. The SMILES string of the molecule is CCc1nc(CN2CCN(C(=O)c3ccc(N(CC)CC)cc3)CC2)cs1. The molecule has 0 spiro atoms. The van der Waals surface area contributed by atoms with E-state index in [1.165, 1.54) is 10.7 Å². The number of amides is 1. The maximum atomic E-state index is 12.8. The van der Waals surface area contributed by atoms with Crippen molar-refractivity contribution in [2.45, 2.75) is 33.7 Å². The van der Waals surface area contributed by atoms with E-state index < -0.39 is 0 Å². The van der Waals surface area contributed by atoms with E-state index in [-0.39, 0.29) is 5.91 Å². The number of rotatable bonds is 7. The minimum Gasteiger partial charge on any atom is -0.372 e. The normalized spacial score (nSPS) is 15.1. The van der Waals surface area contributed by atoms with E-state index >= 15 is 0 Å². The van der Waals surface area contributed by atoms with Crippen LogP contribution in [0.5, 0.6) is 0 Å². The van der Waals surface area contributed by atoms with Gasteiger partial charge in [-0.3, -0.25) is 9.69 Å². The number of benzene rings is 1. The third-order valence-electron chi connectivity index (χ3n) is 5.19. The van der Waals surface area contributed by atoms with Gasteiger partial charge in [0.2, 0.25) is 0 Å². The van der Waals surface area contributed by atoms with Gasteiger partial charge in [0.1, 0.15) is 0 Å². The van der Waals surface area contributed by atoms with E-state index in [0.717, 1.165) is 63.5 Å². The number of carbonyl (C=O) groups is 1. The van der Waals surface area contributed by atoms with Gasteiger partial charge in [0.25, 0.3) is 5.91 Å². The lowest BCUT2D eigenvalue weighted by molar-refractivity contribution is 0.0627. The number of hydrogen-bond donors (Lipinski definition) is 0. The molecule has 6 heteroatoms. The Kier molecular flexibility index (Phi) is 6.85. The topological polar surface area (TPSA) is 39.7 Å². The standard InChI is InChI=1S/C21H30N4OS/c1-4-20-22-18(16-27-20)15-23-11-13-25(14-12-23)21(26)17-7-9-19(10-8-17)24(5-2)6-3/h7-10,16H,4-6,11-15H2,1-3H3. The summed E-state index contributed by atoms with van der Waals surface area (Å²) < 4.78 is 0. The zero-order valence-corrected chi connectivity index (χ0v) is 17.5. The summed E-state index contributed by atoms with van der Waals surface area (Å²) >= 11 is 1.74. The van der Waals surface area contributed by atoms with Crippen LogP contribution in [0.4, 0.5) is 5.69 Å². The number of aryl methyl sites for hydroxylation is 1. The molecule has 0 bridgehead atoms. The van der Waals surface area contributed by atoms with Crippen LogP contribution in [0.1, 0.15) is 41.8 Å². The highest BCUT2D eigenvalue weighted by Gasteiger charge is 2.22. The minimum atomic E-state index is 0.141. The zero-order valence-electron chi connectivity index (χ0n) is 16.6. The van der Waals surface area contributed by atoms with Crippen molar-refractivity contribution in [3.8, 4) is 0 Å². The molecule has 1 aromatic heterocycles. The van der Waals surface area contributed by atoms with Crippen LogP contribution in [0.25, 0.3) is 0 Å². The van der Waals surface area contributed by atoms with Crippen LogP contribution >= 0.6 is 11.3 Å². The summed E-state index contributed by atoms with van der Waals surface area (Å²) in [4.78, 5) is 24.1. The molecule has 3 rings (SSSR count). The molecular formula is C21H30N4OS. The van der Waals surface area contributed by atoms with E-state index in [1.807, 2.05) is 17.0 Å². The van der Waals surface area contributed by atoms with E-state index in [1.54, 1.807) is 11.3 Å². The predicted molar refractivity (Wildman–Crippen MR) is 113 cm³/mol. The summed E-state index contributed by atoms with van der Waals surface area (Å²) in [5.74, 6) is 0.141. The molecule has 0 unspecified atom stereocenters. The van der Waals surface area contributed by atoms with Crippen LogP contribution in [0.3, 0.4) is 0 Å². The van der Waals surface area contributed by atoms with Crippen LogP contribution in [0.15, 0.2) is 29.6 Å². The molecule has 1 saturated heterocycles. The molecule has 1 aliphatic rings. The third kappa shape index (κ3) is 4.87. The van der Waals surface area contributed by atoms with Gasteiger partial charge in [0.15, 0.2) is 0 Å². The first-order chi connectivity index (χ1) is 13.1. The molecule has 1 fully saturated rings. The Morgan fingerprint density at radius 1 is 1.07 bits per heavy atom. The van der Waals surface area contributed by atoms with Gasteiger partial charge in [-0.05, 0) is 44.5 Å². The van der Waals surface area contributed by atoms with Gasteiger partial charge in [0.05, 0.1) is 10.7 Å². The first-order valence-corrected chi connectivity index (χ1v) is 10.8. The monoisotopic (exact) mass is 386 g/mol. The van der Waals surface area contributed by atoms with Crippen LogP contribution in [0, 0.1) is 0 Å². The molecule has 146 valence electrons. The maximum absolute atomic E-state index is 12.8. The summed E-state index contributed by atoms with van der Waals surface area (Å²) in [6.45, 7) is 12.6. The lowest BCUT2D eigenvalue weighted by Crippen LogP contribution is -2.48. The van der Waals surface area contributed by atoms with E-state index in [2.05, 4.69) is 53.1 Å². The highest BCUT2D eigenvalue weighted by atomic mass is 32.1. The fraction of sp³-hybridized carbons (Fsp3) is 0.524. The van der Waals surface area contributed by atoms with Crippen molar-refractivity contribution in [2.75, 3.05) is 44.2 Å². The Morgan fingerprint density at radius 2 is 1.74 bits per heavy atom. The lowest BCUT2D eigenvalue weighted by Gasteiger charge is -2.34. The molecule has 0 radical (unpaired) electrons. The number of piperazine rings is 1. The van der Waals surface area contributed by atoms with Gasteiger partial charge < -0.3 is 9.80 Å².